The van der Waals surface area contributed by atoms with Crippen LogP contribution in [0.1, 0.15) is 29.0 Å². The van der Waals surface area contributed by atoms with E-state index in [9.17, 15) is 4.79 Å². The van der Waals surface area contributed by atoms with E-state index in [0.29, 0.717) is 17.0 Å². The van der Waals surface area contributed by atoms with Crippen LogP contribution in [-0.2, 0) is 0 Å². The van der Waals surface area contributed by atoms with Crippen molar-refractivity contribution in [3.8, 4) is 5.75 Å². The van der Waals surface area contributed by atoms with Gasteiger partial charge in [0.1, 0.15) is 11.3 Å². The Balaban J connectivity index is 2.21. The number of nitrogens with one attached hydrogen (secondary N) is 1. The molecule has 5 nitrogen and oxygen atoms in total. The minimum atomic E-state index is -0.280. The molecule has 1 aromatic carbocycles. The molecule has 0 fully saturated rings. The molecule has 1 unspecified atom stereocenters. The topological polar surface area (TPSA) is 77.2 Å². The van der Waals surface area contributed by atoms with Gasteiger partial charge in [-0.25, -0.2) is 0 Å². The number of pyridine rings is 1. The third-order valence-corrected chi connectivity index (χ3v) is 2.98. The molecule has 0 bridgehead atoms. The van der Waals surface area contributed by atoms with Gasteiger partial charge in [-0.3, -0.25) is 9.78 Å². The molecular formula is C15H17N3O2. The van der Waals surface area contributed by atoms with Gasteiger partial charge in [0.15, 0.2) is 0 Å². The number of amides is 1. The van der Waals surface area contributed by atoms with Crippen LogP contribution < -0.4 is 15.8 Å². The molecule has 0 radical (unpaired) electrons. The number of rotatable bonds is 4. The quantitative estimate of drug-likeness (QED) is 0.835. The molecule has 0 aliphatic carbocycles. The van der Waals surface area contributed by atoms with Gasteiger partial charge >= 0.3 is 0 Å². The van der Waals surface area contributed by atoms with E-state index in [4.69, 9.17) is 10.5 Å². The molecule has 3 N–H and O–H groups in total. The number of nitrogens with two attached hydrogens (primary N) is 1. The smallest absolute Gasteiger partial charge is 0.257 e. The molecule has 0 spiro atoms. The normalized spacial score (nSPS) is 11.7. The highest BCUT2D eigenvalue weighted by Crippen LogP contribution is 2.24. The van der Waals surface area contributed by atoms with Gasteiger partial charge in [-0.15, -0.1) is 0 Å². The summed E-state index contributed by atoms with van der Waals surface area (Å²) >= 11 is 0. The number of anilines is 1. The van der Waals surface area contributed by atoms with Gasteiger partial charge < -0.3 is 15.8 Å². The average molecular weight is 271 g/mol. The van der Waals surface area contributed by atoms with E-state index in [1.807, 2.05) is 25.1 Å². The fourth-order valence-corrected chi connectivity index (χ4v) is 1.94. The van der Waals surface area contributed by atoms with E-state index in [0.717, 1.165) is 5.69 Å². The van der Waals surface area contributed by atoms with Gasteiger partial charge in [-0.1, -0.05) is 12.1 Å². The van der Waals surface area contributed by atoms with Gasteiger partial charge in [0.25, 0.3) is 5.91 Å². The van der Waals surface area contributed by atoms with Crippen LogP contribution in [0.3, 0.4) is 0 Å². The summed E-state index contributed by atoms with van der Waals surface area (Å²) in [6.45, 7) is 1.87. The molecule has 0 aliphatic heterocycles. The van der Waals surface area contributed by atoms with E-state index in [2.05, 4.69) is 10.3 Å². The SMILES string of the molecule is COc1cccc(N)c1C(=O)NC(C)c1ccccn1. The van der Waals surface area contributed by atoms with Crippen molar-refractivity contribution in [3.05, 3.63) is 53.9 Å². The molecule has 2 aromatic rings. The van der Waals surface area contributed by atoms with E-state index in [1.54, 1.807) is 24.4 Å². The van der Waals surface area contributed by atoms with E-state index >= 15 is 0 Å². The van der Waals surface area contributed by atoms with Crippen LogP contribution in [-0.4, -0.2) is 18.0 Å². The zero-order valence-corrected chi connectivity index (χ0v) is 11.5. The minimum Gasteiger partial charge on any atom is -0.496 e. The lowest BCUT2D eigenvalue weighted by molar-refractivity contribution is 0.0937. The standard InChI is InChI=1S/C15H17N3O2/c1-10(12-7-3-4-9-17-12)18-15(19)14-11(16)6-5-8-13(14)20-2/h3-10H,16H2,1-2H3,(H,18,19). The summed E-state index contributed by atoms with van der Waals surface area (Å²) in [7, 11) is 1.51. The Bertz CT molecular complexity index is 599. The van der Waals surface area contributed by atoms with Crippen LogP contribution in [0.2, 0.25) is 0 Å². The molecule has 0 aliphatic rings. The minimum absolute atomic E-state index is 0.215. The van der Waals surface area contributed by atoms with Crippen molar-refractivity contribution in [2.45, 2.75) is 13.0 Å². The number of carbonyl (C=O) groups is 1. The Hall–Kier alpha value is -2.56. The van der Waals surface area contributed by atoms with Crippen LogP contribution in [0.5, 0.6) is 5.75 Å². The largest absolute Gasteiger partial charge is 0.496 e. The maximum Gasteiger partial charge on any atom is 0.257 e. The summed E-state index contributed by atoms with van der Waals surface area (Å²) < 4.78 is 5.18. The molecule has 0 saturated carbocycles. The zero-order chi connectivity index (χ0) is 14.5. The fraction of sp³-hybridized carbons (Fsp3) is 0.200. The first-order chi connectivity index (χ1) is 9.63. The van der Waals surface area contributed by atoms with E-state index < -0.39 is 0 Å². The van der Waals surface area contributed by atoms with Gasteiger partial charge in [-0.05, 0) is 31.2 Å². The molecule has 1 atom stereocenters. The lowest BCUT2D eigenvalue weighted by atomic mass is 10.1. The number of aromatic nitrogens is 1. The first-order valence-corrected chi connectivity index (χ1v) is 6.27. The average Bonchev–Trinajstić information content (AvgIpc) is 2.47. The summed E-state index contributed by atoms with van der Waals surface area (Å²) in [4.78, 5) is 16.5. The Labute approximate surface area is 117 Å². The third-order valence-electron chi connectivity index (χ3n) is 2.98. The number of hydrogen-bond donors (Lipinski definition) is 2. The maximum atomic E-state index is 12.3. The molecule has 1 amide bonds. The number of benzene rings is 1. The fourth-order valence-electron chi connectivity index (χ4n) is 1.94. The van der Waals surface area contributed by atoms with Crippen LogP contribution >= 0.6 is 0 Å². The predicted molar refractivity (Wildman–Crippen MR) is 77.5 cm³/mol. The highest BCUT2D eigenvalue weighted by Gasteiger charge is 2.18. The number of nitrogens with zero attached hydrogens (tertiary/aromatic N) is 1. The van der Waals surface area contributed by atoms with Gasteiger partial charge in [0.2, 0.25) is 0 Å². The van der Waals surface area contributed by atoms with Gasteiger partial charge in [-0.2, -0.15) is 0 Å². The first kappa shape index (κ1) is 13.9. The molecule has 5 heteroatoms. The van der Waals surface area contributed by atoms with Crippen molar-refractivity contribution in [1.29, 1.82) is 0 Å². The summed E-state index contributed by atoms with van der Waals surface area (Å²) in [6.07, 6.45) is 1.69. The Morgan fingerprint density at radius 3 is 2.75 bits per heavy atom. The Morgan fingerprint density at radius 2 is 2.10 bits per heavy atom. The predicted octanol–water partition coefficient (Wildman–Crippen LogP) is 2.16. The van der Waals surface area contributed by atoms with Gasteiger partial charge in [0.05, 0.1) is 18.8 Å². The number of methoxy groups -OCH3 is 1. The van der Waals surface area contributed by atoms with Crippen molar-refractivity contribution in [1.82, 2.24) is 10.3 Å². The monoisotopic (exact) mass is 271 g/mol. The van der Waals surface area contributed by atoms with Crippen molar-refractivity contribution in [2.24, 2.45) is 0 Å². The van der Waals surface area contributed by atoms with E-state index in [1.165, 1.54) is 7.11 Å². The van der Waals surface area contributed by atoms with Crippen molar-refractivity contribution >= 4 is 11.6 Å². The Morgan fingerprint density at radius 1 is 1.30 bits per heavy atom. The Kier molecular flexibility index (Phi) is 4.20. The molecule has 1 aromatic heterocycles. The second kappa shape index (κ2) is 6.06. The number of hydrogen-bond acceptors (Lipinski definition) is 4. The number of nitrogen functional groups attached to an aromatic ring is 1. The third kappa shape index (κ3) is 2.88. The number of carbonyl (C=O) groups excluding carboxylic acids is 1. The molecule has 1 heterocycles. The summed E-state index contributed by atoms with van der Waals surface area (Å²) in [5.74, 6) is 0.175. The van der Waals surface area contributed by atoms with Crippen molar-refractivity contribution in [2.75, 3.05) is 12.8 Å². The van der Waals surface area contributed by atoms with Gasteiger partial charge in [0, 0.05) is 11.9 Å². The van der Waals surface area contributed by atoms with Crippen LogP contribution in [0.15, 0.2) is 42.6 Å². The van der Waals surface area contributed by atoms with Crippen LogP contribution in [0.25, 0.3) is 0 Å². The first-order valence-electron chi connectivity index (χ1n) is 6.27. The lowest BCUT2D eigenvalue weighted by Crippen LogP contribution is -2.28. The summed E-state index contributed by atoms with van der Waals surface area (Å²) in [6, 6.07) is 10.5. The van der Waals surface area contributed by atoms with Crippen LogP contribution in [0, 0.1) is 0 Å². The molecule has 20 heavy (non-hydrogen) atoms. The highest BCUT2D eigenvalue weighted by molar-refractivity contribution is 6.02. The second-order valence-electron chi connectivity index (χ2n) is 4.37. The van der Waals surface area contributed by atoms with Crippen LogP contribution in [0.4, 0.5) is 5.69 Å². The molecule has 0 saturated heterocycles. The zero-order valence-electron chi connectivity index (χ0n) is 11.5. The maximum absolute atomic E-state index is 12.3. The summed E-state index contributed by atoms with van der Waals surface area (Å²) in [5.41, 5.74) is 7.37. The molecule has 104 valence electrons. The molecular weight excluding hydrogens is 254 g/mol. The second-order valence-corrected chi connectivity index (χ2v) is 4.37. The van der Waals surface area contributed by atoms with Crippen molar-refractivity contribution in [3.63, 3.8) is 0 Å². The highest BCUT2D eigenvalue weighted by atomic mass is 16.5. The number of ether oxygens (including phenoxy) is 1. The molecule has 2 rings (SSSR count). The van der Waals surface area contributed by atoms with Crippen molar-refractivity contribution < 1.29 is 9.53 Å². The lowest BCUT2D eigenvalue weighted by Gasteiger charge is -2.16. The summed E-state index contributed by atoms with van der Waals surface area (Å²) in [5, 5.41) is 2.87. The van der Waals surface area contributed by atoms with E-state index in [-0.39, 0.29) is 11.9 Å².